The molecule has 0 amide bonds. The highest BCUT2D eigenvalue weighted by atomic mass is 32.2. The molecule has 3 rings (SSSR count). The molecule has 0 unspecified atom stereocenters. The molecular formula is C18H26N2O6S. The topological polar surface area (TPSA) is 96.4 Å². The number of sulfonamides is 1. The number of ether oxygens (including phenoxy) is 2. The summed E-state index contributed by atoms with van der Waals surface area (Å²) >= 11 is 0. The lowest BCUT2D eigenvalue weighted by molar-refractivity contribution is -0.137. The predicted octanol–water partition coefficient (Wildman–Crippen LogP) is 0.211. The average molecular weight is 398 g/mol. The van der Waals surface area contributed by atoms with Crippen LogP contribution in [0.25, 0.3) is 0 Å². The number of morpholine rings is 1. The zero-order chi connectivity index (χ0) is 19.4. The van der Waals surface area contributed by atoms with Crippen LogP contribution in [0.3, 0.4) is 0 Å². The fraction of sp³-hybridized carbons (Fsp3) is 0.611. The standard InChI is InChI=1S/C18H26N2O6S/c1-27(23,24)20(13-18(21)22)12-16-11-19(7-9-25-16)6-4-14-2-3-17-15(10-14)5-8-26-17/h2-3,10,16H,4-9,11-13H2,1H3,(H,21,22)/t16-/m1/s1. The van der Waals surface area contributed by atoms with Crippen molar-refractivity contribution in [3.05, 3.63) is 29.3 Å². The van der Waals surface area contributed by atoms with Gasteiger partial charge in [0.2, 0.25) is 10.0 Å². The van der Waals surface area contributed by atoms with Crippen molar-refractivity contribution in [3.63, 3.8) is 0 Å². The first-order valence-electron chi connectivity index (χ1n) is 9.07. The summed E-state index contributed by atoms with van der Waals surface area (Å²) in [4.78, 5) is 13.2. The van der Waals surface area contributed by atoms with Crippen molar-refractivity contribution in [2.75, 3.05) is 52.2 Å². The van der Waals surface area contributed by atoms with Crippen molar-refractivity contribution < 1.29 is 27.8 Å². The molecular weight excluding hydrogens is 372 g/mol. The highest BCUT2D eigenvalue weighted by Crippen LogP contribution is 2.26. The van der Waals surface area contributed by atoms with Crippen LogP contribution < -0.4 is 4.74 Å². The first kappa shape index (κ1) is 20.1. The maximum atomic E-state index is 11.8. The van der Waals surface area contributed by atoms with Crippen LogP contribution >= 0.6 is 0 Å². The third-order valence-electron chi connectivity index (χ3n) is 4.88. The number of carboxylic acids is 1. The van der Waals surface area contributed by atoms with Gasteiger partial charge in [-0.15, -0.1) is 0 Å². The number of hydrogen-bond acceptors (Lipinski definition) is 6. The minimum Gasteiger partial charge on any atom is -0.493 e. The van der Waals surface area contributed by atoms with E-state index in [1.165, 1.54) is 11.1 Å². The zero-order valence-corrected chi connectivity index (χ0v) is 16.3. The van der Waals surface area contributed by atoms with Gasteiger partial charge in [-0.3, -0.25) is 9.69 Å². The van der Waals surface area contributed by atoms with Crippen LogP contribution in [0.15, 0.2) is 18.2 Å². The van der Waals surface area contributed by atoms with E-state index < -0.39 is 22.5 Å². The van der Waals surface area contributed by atoms with Crippen LogP contribution in [0, 0.1) is 0 Å². The summed E-state index contributed by atoms with van der Waals surface area (Å²) in [6.07, 6.45) is 2.54. The predicted molar refractivity (Wildman–Crippen MR) is 99.6 cm³/mol. The lowest BCUT2D eigenvalue weighted by Crippen LogP contribution is -2.49. The summed E-state index contributed by atoms with van der Waals surface area (Å²) in [6, 6.07) is 6.30. The van der Waals surface area contributed by atoms with Crippen molar-refractivity contribution in [2.45, 2.75) is 18.9 Å². The maximum absolute atomic E-state index is 11.8. The van der Waals surface area contributed by atoms with Gasteiger partial charge in [-0.05, 0) is 23.6 Å². The molecule has 150 valence electrons. The molecule has 1 atom stereocenters. The minimum absolute atomic E-state index is 0.0534. The Morgan fingerprint density at radius 1 is 1.37 bits per heavy atom. The first-order valence-corrected chi connectivity index (χ1v) is 10.9. The Hall–Kier alpha value is -1.68. The molecule has 1 fully saturated rings. The van der Waals surface area contributed by atoms with E-state index in [9.17, 15) is 13.2 Å². The minimum atomic E-state index is -3.60. The van der Waals surface area contributed by atoms with Crippen molar-refractivity contribution in [1.29, 1.82) is 0 Å². The summed E-state index contributed by atoms with van der Waals surface area (Å²) in [6.45, 7) is 2.97. The Morgan fingerprint density at radius 2 is 2.19 bits per heavy atom. The van der Waals surface area contributed by atoms with Gasteiger partial charge in [0.05, 0.1) is 25.6 Å². The second-order valence-electron chi connectivity index (χ2n) is 7.03. The van der Waals surface area contributed by atoms with E-state index in [1.807, 2.05) is 6.07 Å². The van der Waals surface area contributed by atoms with Gasteiger partial charge >= 0.3 is 5.97 Å². The van der Waals surface area contributed by atoms with Crippen molar-refractivity contribution >= 4 is 16.0 Å². The molecule has 8 nitrogen and oxygen atoms in total. The zero-order valence-electron chi connectivity index (χ0n) is 15.5. The molecule has 9 heteroatoms. The van der Waals surface area contributed by atoms with E-state index >= 15 is 0 Å². The Labute approximate surface area is 159 Å². The van der Waals surface area contributed by atoms with E-state index in [2.05, 4.69) is 17.0 Å². The quantitative estimate of drug-likeness (QED) is 0.669. The van der Waals surface area contributed by atoms with Gasteiger partial charge in [-0.2, -0.15) is 4.31 Å². The number of nitrogens with zero attached hydrogens (tertiary/aromatic N) is 2. The number of rotatable bonds is 8. The summed E-state index contributed by atoms with van der Waals surface area (Å²) in [5, 5.41) is 8.94. The monoisotopic (exact) mass is 398 g/mol. The second-order valence-corrected chi connectivity index (χ2v) is 9.02. The maximum Gasteiger partial charge on any atom is 0.318 e. The number of aliphatic carboxylic acids is 1. The number of benzene rings is 1. The van der Waals surface area contributed by atoms with Crippen LogP contribution in [0.2, 0.25) is 0 Å². The van der Waals surface area contributed by atoms with Crippen LogP contribution in [-0.2, 0) is 32.4 Å². The van der Waals surface area contributed by atoms with E-state index in [4.69, 9.17) is 14.6 Å². The van der Waals surface area contributed by atoms with E-state index in [0.717, 1.165) is 48.8 Å². The fourth-order valence-electron chi connectivity index (χ4n) is 3.47. The average Bonchev–Trinajstić information content (AvgIpc) is 3.06. The molecule has 2 aliphatic heterocycles. The van der Waals surface area contributed by atoms with E-state index in [-0.39, 0.29) is 12.6 Å². The van der Waals surface area contributed by atoms with Gasteiger partial charge in [0, 0.05) is 32.6 Å². The second kappa shape index (κ2) is 8.55. The molecule has 0 spiro atoms. The number of carbonyl (C=O) groups is 1. The van der Waals surface area contributed by atoms with Crippen LogP contribution in [-0.4, -0.2) is 87.0 Å². The van der Waals surface area contributed by atoms with Crippen LogP contribution in [0.4, 0.5) is 0 Å². The summed E-state index contributed by atoms with van der Waals surface area (Å²) < 4.78 is 35.8. The molecule has 0 aromatic heterocycles. The third-order valence-corrected chi connectivity index (χ3v) is 6.10. The van der Waals surface area contributed by atoms with E-state index in [1.54, 1.807) is 0 Å². The SMILES string of the molecule is CS(=O)(=O)N(CC(=O)O)C[C@H]1CN(CCc2ccc3c(c2)CCO3)CCO1. The van der Waals surface area contributed by atoms with Crippen LogP contribution in [0.1, 0.15) is 11.1 Å². The summed E-state index contributed by atoms with van der Waals surface area (Å²) in [5.41, 5.74) is 2.51. The largest absolute Gasteiger partial charge is 0.493 e. The van der Waals surface area contributed by atoms with Crippen molar-refractivity contribution in [2.24, 2.45) is 0 Å². The van der Waals surface area contributed by atoms with Gasteiger partial charge in [0.1, 0.15) is 12.3 Å². The van der Waals surface area contributed by atoms with Gasteiger partial charge in [-0.25, -0.2) is 8.42 Å². The lowest BCUT2D eigenvalue weighted by atomic mass is 10.1. The molecule has 1 aromatic carbocycles. The Morgan fingerprint density at radius 3 is 2.93 bits per heavy atom. The Balaban J connectivity index is 1.53. The molecule has 1 aromatic rings. The Bertz CT molecular complexity index is 782. The molecule has 2 aliphatic rings. The Kier molecular flexibility index (Phi) is 6.36. The molecule has 0 aliphatic carbocycles. The van der Waals surface area contributed by atoms with Crippen molar-refractivity contribution in [3.8, 4) is 5.75 Å². The smallest absolute Gasteiger partial charge is 0.318 e. The van der Waals surface area contributed by atoms with E-state index in [0.29, 0.717) is 13.2 Å². The van der Waals surface area contributed by atoms with Gasteiger partial charge in [0.25, 0.3) is 0 Å². The van der Waals surface area contributed by atoms with Crippen molar-refractivity contribution in [1.82, 2.24) is 9.21 Å². The number of carboxylic acid groups (broad SMARTS) is 1. The molecule has 2 heterocycles. The number of hydrogen-bond donors (Lipinski definition) is 1. The summed E-state index contributed by atoms with van der Waals surface area (Å²) in [7, 11) is -3.60. The normalized spacial score (nSPS) is 20.4. The van der Waals surface area contributed by atoms with Crippen LogP contribution in [0.5, 0.6) is 5.75 Å². The molecule has 1 N–H and O–H groups in total. The molecule has 0 bridgehead atoms. The molecule has 1 saturated heterocycles. The highest BCUT2D eigenvalue weighted by molar-refractivity contribution is 7.88. The highest BCUT2D eigenvalue weighted by Gasteiger charge is 2.28. The molecule has 0 radical (unpaired) electrons. The van der Waals surface area contributed by atoms with Gasteiger partial charge < -0.3 is 14.6 Å². The summed E-state index contributed by atoms with van der Waals surface area (Å²) in [5.74, 6) is -0.196. The van der Waals surface area contributed by atoms with Gasteiger partial charge in [0.15, 0.2) is 0 Å². The third kappa shape index (κ3) is 5.65. The number of fused-ring (bicyclic) bond motifs is 1. The first-order chi connectivity index (χ1) is 12.8. The molecule has 0 saturated carbocycles. The fourth-order valence-corrected chi connectivity index (χ4v) is 4.25. The molecule has 27 heavy (non-hydrogen) atoms. The lowest BCUT2D eigenvalue weighted by Gasteiger charge is -2.34. The van der Waals surface area contributed by atoms with Gasteiger partial charge in [-0.1, -0.05) is 12.1 Å².